The first-order valence-corrected chi connectivity index (χ1v) is 7.23. The van der Waals surface area contributed by atoms with Gasteiger partial charge in [-0.05, 0) is 47.5 Å². The van der Waals surface area contributed by atoms with Crippen LogP contribution in [0.2, 0.25) is 0 Å². The number of aliphatic carboxylic acids is 1. The summed E-state index contributed by atoms with van der Waals surface area (Å²) in [6.07, 6.45) is 0. The first kappa shape index (κ1) is 15.6. The van der Waals surface area contributed by atoms with Gasteiger partial charge >= 0.3 is 5.97 Å². The molecular formula is C14H16BrNO5. The molecule has 21 heavy (non-hydrogen) atoms. The van der Waals surface area contributed by atoms with E-state index in [1.807, 2.05) is 0 Å². The fraction of sp³-hybridized carbons (Fsp3) is 0.429. The minimum atomic E-state index is -1.09. The lowest BCUT2D eigenvalue weighted by Crippen LogP contribution is -2.42. The molecule has 0 saturated carbocycles. The molecule has 2 rings (SSSR count). The van der Waals surface area contributed by atoms with E-state index in [9.17, 15) is 14.7 Å². The van der Waals surface area contributed by atoms with Crippen molar-refractivity contribution in [2.24, 2.45) is 0 Å². The highest BCUT2D eigenvalue weighted by atomic mass is 79.9. The first-order chi connectivity index (χ1) is 9.82. The van der Waals surface area contributed by atoms with Gasteiger partial charge in [0.25, 0.3) is 0 Å². The van der Waals surface area contributed by atoms with Crippen molar-refractivity contribution in [1.82, 2.24) is 4.90 Å². The van der Waals surface area contributed by atoms with Crippen molar-refractivity contribution >= 4 is 27.8 Å². The molecule has 1 atom stereocenters. The second kappa shape index (κ2) is 5.93. The second-order valence-corrected chi connectivity index (χ2v) is 5.85. The zero-order chi connectivity index (χ0) is 15.7. The normalized spacial score (nSPS) is 14.1. The Morgan fingerprint density at radius 3 is 2.52 bits per heavy atom. The number of fused-ring (bicyclic) bond motifs is 1. The van der Waals surface area contributed by atoms with Crippen LogP contribution in [0.25, 0.3) is 0 Å². The van der Waals surface area contributed by atoms with Gasteiger partial charge in [-0.25, -0.2) is 4.79 Å². The summed E-state index contributed by atoms with van der Waals surface area (Å²) in [5.74, 6) is -0.379. The Morgan fingerprint density at radius 2 is 2.00 bits per heavy atom. The number of carbonyl (C=O) groups is 2. The van der Waals surface area contributed by atoms with Crippen LogP contribution in [-0.4, -0.2) is 34.7 Å². The zero-order valence-corrected chi connectivity index (χ0v) is 13.5. The van der Waals surface area contributed by atoms with Crippen LogP contribution < -0.4 is 9.47 Å². The van der Waals surface area contributed by atoms with Crippen LogP contribution >= 0.6 is 15.9 Å². The van der Waals surface area contributed by atoms with E-state index in [0.717, 1.165) is 0 Å². The number of hydrogen-bond acceptors (Lipinski definition) is 4. The molecule has 1 aromatic carbocycles. The third-order valence-corrected chi connectivity index (χ3v) is 3.79. The number of rotatable bonds is 4. The number of carbonyl (C=O) groups excluding carboxylic acids is 1. The van der Waals surface area contributed by atoms with E-state index in [1.54, 1.807) is 26.0 Å². The predicted molar refractivity (Wildman–Crippen MR) is 78.3 cm³/mol. The van der Waals surface area contributed by atoms with Crippen LogP contribution in [0.1, 0.15) is 32.4 Å². The molecule has 0 radical (unpaired) electrons. The number of amides is 1. The largest absolute Gasteiger partial charge is 0.479 e. The second-order valence-electron chi connectivity index (χ2n) is 5.00. The first-order valence-electron chi connectivity index (χ1n) is 6.43. The summed E-state index contributed by atoms with van der Waals surface area (Å²) in [7, 11) is 0. The summed E-state index contributed by atoms with van der Waals surface area (Å²) in [6.45, 7) is 5.01. The van der Waals surface area contributed by atoms with Gasteiger partial charge in [-0.3, -0.25) is 4.79 Å². The Hall–Kier alpha value is -1.76. The van der Waals surface area contributed by atoms with Gasteiger partial charge < -0.3 is 19.5 Å². The Morgan fingerprint density at radius 1 is 1.33 bits per heavy atom. The molecule has 7 heteroatoms. The Bertz CT molecular complexity index is 587. The minimum absolute atomic E-state index is 0.0930. The van der Waals surface area contributed by atoms with Crippen LogP contribution in [0.3, 0.4) is 0 Å². The molecule has 1 aliphatic heterocycles. The molecule has 0 aromatic heterocycles. The van der Waals surface area contributed by atoms with Crippen molar-refractivity contribution in [2.75, 3.05) is 6.79 Å². The van der Waals surface area contributed by atoms with Crippen LogP contribution in [-0.2, 0) is 9.59 Å². The molecule has 0 saturated heterocycles. The molecule has 1 heterocycles. The summed E-state index contributed by atoms with van der Waals surface area (Å²) >= 11 is 3.34. The lowest BCUT2D eigenvalue weighted by molar-refractivity contribution is -0.151. The molecule has 0 spiro atoms. The van der Waals surface area contributed by atoms with Crippen molar-refractivity contribution in [3.63, 3.8) is 0 Å². The maximum atomic E-state index is 11.8. The third-order valence-electron chi connectivity index (χ3n) is 3.20. The van der Waals surface area contributed by atoms with Crippen molar-refractivity contribution in [3.8, 4) is 11.5 Å². The van der Waals surface area contributed by atoms with Crippen molar-refractivity contribution < 1.29 is 24.2 Å². The summed E-state index contributed by atoms with van der Waals surface area (Å²) in [5, 5.41) is 9.55. The number of hydrogen-bond donors (Lipinski definition) is 1. The average Bonchev–Trinajstić information content (AvgIpc) is 2.82. The van der Waals surface area contributed by atoms with Crippen LogP contribution in [0.15, 0.2) is 16.6 Å². The molecule has 1 unspecified atom stereocenters. The molecule has 0 fully saturated rings. The number of carboxylic acid groups (broad SMARTS) is 1. The van der Waals surface area contributed by atoms with E-state index < -0.39 is 12.0 Å². The molecule has 1 aromatic rings. The molecule has 0 bridgehead atoms. The lowest BCUT2D eigenvalue weighted by atomic mass is 10.0. The molecule has 1 N–H and O–H groups in total. The van der Waals surface area contributed by atoms with E-state index in [2.05, 4.69) is 15.9 Å². The molecule has 114 valence electrons. The molecule has 6 nitrogen and oxygen atoms in total. The molecular weight excluding hydrogens is 342 g/mol. The third kappa shape index (κ3) is 2.97. The van der Waals surface area contributed by atoms with E-state index in [1.165, 1.54) is 11.8 Å². The maximum absolute atomic E-state index is 11.8. The highest BCUT2D eigenvalue weighted by Crippen LogP contribution is 2.42. The van der Waals surface area contributed by atoms with E-state index >= 15 is 0 Å². The van der Waals surface area contributed by atoms with Crippen molar-refractivity contribution in [2.45, 2.75) is 32.9 Å². The summed E-state index contributed by atoms with van der Waals surface area (Å²) < 4.78 is 11.2. The van der Waals surface area contributed by atoms with Gasteiger partial charge in [-0.1, -0.05) is 0 Å². The van der Waals surface area contributed by atoms with Gasteiger partial charge in [0.15, 0.2) is 17.5 Å². The van der Waals surface area contributed by atoms with Gasteiger partial charge in [0.1, 0.15) is 0 Å². The SMILES string of the molecule is CC(=O)N(C(C)C)C(C(=O)O)c1cc(Br)c2c(c1)OCO2. The molecule has 1 aliphatic rings. The van der Waals surface area contributed by atoms with Gasteiger partial charge in [-0.2, -0.15) is 0 Å². The zero-order valence-electron chi connectivity index (χ0n) is 11.9. The quantitative estimate of drug-likeness (QED) is 0.895. The number of halogens is 1. The van der Waals surface area contributed by atoms with Gasteiger partial charge in [0.05, 0.1) is 4.47 Å². The highest BCUT2D eigenvalue weighted by Gasteiger charge is 2.33. The maximum Gasteiger partial charge on any atom is 0.331 e. The fourth-order valence-corrected chi connectivity index (χ4v) is 2.99. The minimum Gasteiger partial charge on any atom is -0.479 e. The number of benzene rings is 1. The smallest absolute Gasteiger partial charge is 0.331 e. The van der Waals surface area contributed by atoms with Crippen LogP contribution in [0, 0.1) is 0 Å². The highest BCUT2D eigenvalue weighted by molar-refractivity contribution is 9.10. The van der Waals surface area contributed by atoms with Crippen LogP contribution in [0.5, 0.6) is 11.5 Å². The summed E-state index contributed by atoms with van der Waals surface area (Å²) in [5.41, 5.74) is 0.461. The monoisotopic (exact) mass is 357 g/mol. The Balaban J connectivity index is 2.51. The topological polar surface area (TPSA) is 76.1 Å². The summed E-state index contributed by atoms with van der Waals surface area (Å²) in [4.78, 5) is 24.8. The lowest BCUT2D eigenvalue weighted by Gasteiger charge is -2.32. The van der Waals surface area contributed by atoms with Gasteiger partial charge in [-0.15, -0.1) is 0 Å². The molecule has 0 aliphatic carbocycles. The predicted octanol–water partition coefficient (Wildman–Crippen LogP) is 2.56. The van der Waals surface area contributed by atoms with E-state index in [4.69, 9.17) is 9.47 Å². The van der Waals surface area contributed by atoms with Crippen molar-refractivity contribution in [1.29, 1.82) is 0 Å². The Labute approximate surface area is 130 Å². The van der Waals surface area contributed by atoms with E-state index in [0.29, 0.717) is 21.5 Å². The number of ether oxygens (including phenoxy) is 2. The summed E-state index contributed by atoms with van der Waals surface area (Å²) in [6, 6.07) is 1.93. The Kier molecular flexibility index (Phi) is 4.41. The average molecular weight is 358 g/mol. The van der Waals surface area contributed by atoms with E-state index in [-0.39, 0.29) is 18.7 Å². The van der Waals surface area contributed by atoms with Crippen molar-refractivity contribution in [3.05, 3.63) is 22.2 Å². The van der Waals surface area contributed by atoms with Gasteiger partial charge in [0.2, 0.25) is 12.7 Å². The fourth-order valence-electron chi connectivity index (χ4n) is 2.41. The van der Waals surface area contributed by atoms with Gasteiger partial charge in [0, 0.05) is 13.0 Å². The van der Waals surface area contributed by atoms with Crippen LogP contribution in [0.4, 0.5) is 0 Å². The standard InChI is InChI=1S/C14H16BrNO5/c1-7(2)16(8(3)17)12(14(18)19)9-4-10(15)13-11(5-9)20-6-21-13/h4-5,7,12H,6H2,1-3H3,(H,18,19). The number of carboxylic acids is 1. The number of nitrogens with zero attached hydrogens (tertiary/aromatic N) is 1. The molecule has 1 amide bonds.